The van der Waals surface area contributed by atoms with Crippen LogP contribution in [0.25, 0.3) is 26.8 Å². The van der Waals surface area contributed by atoms with E-state index in [0.717, 1.165) is 27.7 Å². The van der Waals surface area contributed by atoms with E-state index in [4.69, 9.17) is 5.14 Å². The smallest absolute Gasteiger partial charge is 0.239 e. The number of thioether (sulfide) groups is 1. The Hall–Kier alpha value is -3.06. The van der Waals surface area contributed by atoms with Gasteiger partial charge >= 0.3 is 0 Å². The Balaban J connectivity index is 1.44. The summed E-state index contributed by atoms with van der Waals surface area (Å²) in [4.78, 5) is 17.6. The van der Waals surface area contributed by atoms with Gasteiger partial charge in [0.15, 0.2) is 15.9 Å². The third kappa shape index (κ3) is 4.38. The molecule has 0 aliphatic rings. The first-order chi connectivity index (χ1) is 16.7. The summed E-state index contributed by atoms with van der Waals surface area (Å²) in [5.74, 6) is -0.215. The number of aromatic nitrogens is 4. The summed E-state index contributed by atoms with van der Waals surface area (Å²) in [6, 6.07) is 12.6. The minimum absolute atomic E-state index is 0.00459. The van der Waals surface area contributed by atoms with E-state index >= 15 is 0 Å². The quantitative estimate of drug-likeness (QED) is 0.316. The van der Waals surface area contributed by atoms with E-state index in [-0.39, 0.29) is 10.8 Å². The van der Waals surface area contributed by atoms with Gasteiger partial charge in [0.25, 0.3) is 0 Å². The number of amides is 1. The average Bonchev–Trinajstić information content (AvgIpc) is 3.39. The standard InChI is InChI=1S/C23H22N6O3S3/c1-4-17(21(30)26-22-25-16-9-8-14(35(24,31)32)11-18(16)33-22)34-23-28-27-19-10-13(3)15-7-5-6-12(2)20(15)29(19)23/h5-11,17H,4H2,1-3H3,(H2,24,31,32)(H,25,26,30). The predicted octanol–water partition coefficient (Wildman–Crippen LogP) is 4.27. The number of fused-ring (bicyclic) bond motifs is 4. The number of nitrogens with one attached hydrogen (secondary N) is 1. The van der Waals surface area contributed by atoms with Crippen molar-refractivity contribution >= 4 is 70.9 Å². The second kappa shape index (κ2) is 8.86. The molecule has 0 aliphatic carbocycles. The molecule has 1 unspecified atom stereocenters. The van der Waals surface area contributed by atoms with Crippen molar-refractivity contribution in [2.75, 3.05) is 5.32 Å². The third-order valence-corrected chi connectivity index (χ3v) is 8.87. The topological polar surface area (TPSA) is 132 Å². The maximum atomic E-state index is 13.2. The summed E-state index contributed by atoms with van der Waals surface area (Å²) in [6.07, 6.45) is 0.564. The number of para-hydroxylation sites is 1. The normalized spacial score (nSPS) is 13.0. The number of carbonyl (C=O) groups excluding carboxylic acids is 1. The predicted molar refractivity (Wildman–Crippen MR) is 140 cm³/mol. The lowest BCUT2D eigenvalue weighted by molar-refractivity contribution is -0.115. The minimum Gasteiger partial charge on any atom is -0.301 e. The first-order valence-corrected chi connectivity index (χ1v) is 14.0. The van der Waals surface area contributed by atoms with Crippen LogP contribution in [0.2, 0.25) is 0 Å². The number of pyridine rings is 1. The third-order valence-electron chi connectivity index (χ3n) is 5.72. The molecule has 0 saturated heterocycles. The molecule has 5 rings (SSSR count). The molecule has 0 aliphatic heterocycles. The molecule has 0 bridgehead atoms. The Morgan fingerprint density at radius 1 is 1.17 bits per heavy atom. The average molecular weight is 527 g/mol. The lowest BCUT2D eigenvalue weighted by Gasteiger charge is -2.14. The van der Waals surface area contributed by atoms with Crippen molar-refractivity contribution < 1.29 is 13.2 Å². The summed E-state index contributed by atoms with van der Waals surface area (Å²) in [6.45, 7) is 6.04. The molecular weight excluding hydrogens is 504 g/mol. The van der Waals surface area contributed by atoms with Gasteiger partial charge in [0.1, 0.15) is 0 Å². The van der Waals surface area contributed by atoms with E-state index in [1.54, 1.807) is 6.07 Å². The molecule has 1 amide bonds. The van der Waals surface area contributed by atoms with E-state index in [2.05, 4.69) is 33.5 Å². The van der Waals surface area contributed by atoms with Crippen LogP contribution >= 0.6 is 23.1 Å². The second-order valence-corrected chi connectivity index (χ2v) is 11.9. The van der Waals surface area contributed by atoms with Crippen molar-refractivity contribution in [3.8, 4) is 0 Å². The number of nitrogens with zero attached hydrogens (tertiary/aromatic N) is 4. The van der Waals surface area contributed by atoms with Crippen LogP contribution in [0.5, 0.6) is 0 Å². The zero-order valence-electron chi connectivity index (χ0n) is 19.1. The Morgan fingerprint density at radius 3 is 2.71 bits per heavy atom. The number of aryl methyl sites for hydroxylation is 2. The number of rotatable bonds is 6. The number of benzene rings is 2. The molecule has 180 valence electrons. The minimum atomic E-state index is -3.82. The van der Waals surface area contributed by atoms with Crippen molar-refractivity contribution in [3.05, 3.63) is 53.6 Å². The number of primary sulfonamides is 1. The number of hydrogen-bond acceptors (Lipinski definition) is 8. The number of sulfonamides is 1. The molecule has 0 fully saturated rings. The summed E-state index contributed by atoms with van der Waals surface area (Å²) in [7, 11) is -3.82. The highest BCUT2D eigenvalue weighted by molar-refractivity contribution is 8.00. The Labute approximate surface area is 209 Å². The molecule has 2 aromatic carbocycles. The summed E-state index contributed by atoms with van der Waals surface area (Å²) < 4.78 is 25.9. The maximum absolute atomic E-state index is 13.2. The Kier molecular flexibility index (Phi) is 5.99. The summed E-state index contributed by atoms with van der Waals surface area (Å²) in [5.41, 5.74) is 4.57. The van der Waals surface area contributed by atoms with Gasteiger partial charge in [-0.3, -0.25) is 9.20 Å². The number of carbonyl (C=O) groups is 1. The molecule has 0 spiro atoms. The van der Waals surface area contributed by atoms with Crippen LogP contribution in [0, 0.1) is 13.8 Å². The second-order valence-electron chi connectivity index (χ2n) is 8.17. The van der Waals surface area contributed by atoms with Crippen LogP contribution in [-0.2, 0) is 14.8 Å². The first kappa shape index (κ1) is 23.7. The van der Waals surface area contributed by atoms with Crippen molar-refractivity contribution in [2.24, 2.45) is 5.14 Å². The van der Waals surface area contributed by atoms with Gasteiger partial charge in [-0.1, -0.05) is 48.2 Å². The van der Waals surface area contributed by atoms with Crippen molar-refractivity contribution in [1.82, 2.24) is 19.6 Å². The van der Waals surface area contributed by atoms with E-state index < -0.39 is 15.3 Å². The van der Waals surface area contributed by atoms with Gasteiger partial charge in [0.05, 0.1) is 25.9 Å². The van der Waals surface area contributed by atoms with E-state index in [0.29, 0.717) is 26.9 Å². The van der Waals surface area contributed by atoms with Gasteiger partial charge in [-0.15, -0.1) is 10.2 Å². The molecule has 9 nitrogen and oxygen atoms in total. The van der Waals surface area contributed by atoms with Crippen molar-refractivity contribution in [1.29, 1.82) is 0 Å². The van der Waals surface area contributed by atoms with E-state index in [1.165, 1.54) is 35.2 Å². The fourth-order valence-electron chi connectivity index (χ4n) is 3.98. The van der Waals surface area contributed by atoms with E-state index in [1.807, 2.05) is 36.4 Å². The molecule has 0 radical (unpaired) electrons. The van der Waals surface area contributed by atoms with Gasteiger partial charge in [-0.2, -0.15) is 0 Å². The summed E-state index contributed by atoms with van der Waals surface area (Å²) >= 11 is 2.55. The molecule has 1 atom stereocenters. The number of anilines is 1. The monoisotopic (exact) mass is 526 g/mol. The zero-order chi connectivity index (χ0) is 24.9. The van der Waals surface area contributed by atoms with E-state index in [9.17, 15) is 13.2 Å². The number of nitrogens with two attached hydrogens (primary N) is 1. The lowest BCUT2D eigenvalue weighted by Crippen LogP contribution is -2.24. The van der Waals surface area contributed by atoms with Gasteiger partial charge in [-0.25, -0.2) is 18.5 Å². The highest BCUT2D eigenvalue weighted by Gasteiger charge is 2.23. The maximum Gasteiger partial charge on any atom is 0.239 e. The number of hydrogen-bond donors (Lipinski definition) is 2. The largest absolute Gasteiger partial charge is 0.301 e. The summed E-state index contributed by atoms with van der Waals surface area (Å²) in [5, 5.41) is 18.5. The van der Waals surface area contributed by atoms with Crippen LogP contribution in [0.3, 0.4) is 0 Å². The Bertz CT molecular complexity index is 1730. The SMILES string of the molecule is CCC(Sc1nnc2cc(C)c3cccc(C)c3n12)C(=O)Nc1nc2ccc(S(N)(=O)=O)cc2s1. The first-order valence-electron chi connectivity index (χ1n) is 10.8. The molecule has 35 heavy (non-hydrogen) atoms. The molecule has 0 saturated carbocycles. The van der Waals surface area contributed by atoms with Crippen LogP contribution < -0.4 is 10.5 Å². The van der Waals surface area contributed by atoms with Gasteiger partial charge in [0, 0.05) is 5.39 Å². The van der Waals surface area contributed by atoms with Crippen LogP contribution in [-0.4, -0.2) is 39.2 Å². The molecule has 3 N–H and O–H groups in total. The highest BCUT2D eigenvalue weighted by atomic mass is 32.2. The van der Waals surface area contributed by atoms with Crippen molar-refractivity contribution in [3.63, 3.8) is 0 Å². The fraction of sp³-hybridized carbons (Fsp3) is 0.217. The van der Waals surface area contributed by atoms with Crippen LogP contribution in [0.15, 0.2) is 52.5 Å². The highest BCUT2D eigenvalue weighted by Crippen LogP contribution is 2.32. The van der Waals surface area contributed by atoms with Gasteiger partial charge in [-0.05, 0) is 55.7 Å². The van der Waals surface area contributed by atoms with Crippen molar-refractivity contribution in [2.45, 2.75) is 42.5 Å². The molecule has 5 aromatic rings. The van der Waals surface area contributed by atoms with Gasteiger partial charge < -0.3 is 5.32 Å². The molecule has 3 heterocycles. The van der Waals surface area contributed by atoms with Crippen LogP contribution in [0.1, 0.15) is 24.5 Å². The molecular formula is C23H22N6O3S3. The molecule has 12 heteroatoms. The Morgan fingerprint density at radius 2 is 1.97 bits per heavy atom. The lowest BCUT2D eigenvalue weighted by atomic mass is 10.1. The van der Waals surface area contributed by atoms with Gasteiger partial charge in [0.2, 0.25) is 15.9 Å². The fourth-order valence-corrected chi connectivity index (χ4v) is 6.47. The molecule has 3 aromatic heterocycles. The number of thiazole rings is 1. The van der Waals surface area contributed by atoms with Crippen LogP contribution in [0.4, 0.5) is 5.13 Å². The zero-order valence-corrected chi connectivity index (χ0v) is 21.6.